The largest absolute Gasteiger partial charge is 0.396 e. The average molecular weight is 208 g/mol. The normalized spacial score (nSPS) is 14.1. The summed E-state index contributed by atoms with van der Waals surface area (Å²) < 4.78 is 0. The smallest absolute Gasteiger partial charge is 0.0770 e. The molecule has 0 fully saturated rings. The van der Waals surface area contributed by atoms with Gasteiger partial charge in [0.25, 0.3) is 0 Å². The molecule has 0 aromatic heterocycles. The molecule has 0 rings (SSSR count). The Morgan fingerprint density at radius 3 is 1.86 bits per heavy atom. The van der Waals surface area contributed by atoms with Gasteiger partial charge in [0.2, 0.25) is 0 Å². The summed E-state index contributed by atoms with van der Waals surface area (Å²) in [6.45, 7) is 3.69. The van der Waals surface area contributed by atoms with Gasteiger partial charge < -0.3 is 20.4 Å². The van der Waals surface area contributed by atoms with E-state index in [1.807, 2.05) is 0 Å². The second-order valence-corrected chi connectivity index (χ2v) is 3.34. The van der Waals surface area contributed by atoms with Crippen LogP contribution >= 0.6 is 0 Å². The summed E-state index contributed by atoms with van der Waals surface area (Å²) in [5, 5.41) is 33.5. The van der Waals surface area contributed by atoms with Crippen LogP contribution in [0.3, 0.4) is 0 Å². The van der Waals surface area contributed by atoms with Crippen LogP contribution in [0.15, 0.2) is 0 Å². The molecule has 4 heteroatoms. The second-order valence-electron chi connectivity index (χ2n) is 3.34. The highest BCUT2D eigenvalue weighted by atomic mass is 16.3. The second kappa shape index (κ2) is 12.8. The molecule has 0 aromatic carbocycles. The topological polar surface area (TPSA) is 80.9 Å². The van der Waals surface area contributed by atoms with Gasteiger partial charge in [-0.2, -0.15) is 0 Å². The Bertz CT molecular complexity index is 96.1. The van der Waals surface area contributed by atoms with E-state index in [0.717, 1.165) is 19.3 Å². The maximum Gasteiger partial charge on any atom is 0.0770 e. The molecular weight excluding hydrogens is 184 g/mol. The van der Waals surface area contributed by atoms with E-state index in [1.54, 1.807) is 6.92 Å². The van der Waals surface area contributed by atoms with E-state index in [9.17, 15) is 0 Å². The lowest BCUT2D eigenvalue weighted by molar-refractivity contribution is 0.0865. The standard InChI is InChI=1S/C6H14O2.C4H10O2/c1-2-3-4-6(8)5-7;1-4(6)2-3-5/h6-8H,2-5H2,1H3;4-6H,2-3H2,1H3. The Hall–Kier alpha value is -0.160. The lowest BCUT2D eigenvalue weighted by Crippen LogP contribution is -2.10. The van der Waals surface area contributed by atoms with Crippen molar-refractivity contribution in [2.75, 3.05) is 13.2 Å². The number of hydrogen-bond acceptors (Lipinski definition) is 4. The van der Waals surface area contributed by atoms with Gasteiger partial charge in [0.15, 0.2) is 0 Å². The van der Waals surface area contributed by atoms with Crippen molar-refractivity contribution in [3.05, 3.63) is 0 Å². The number of rotatable bonds is 6. The van der Waals surface area contributed by atoms with Crippen LogP contribution < -0.4 is 0 Å². The van der Waals surface area contributed by atoms with Crippen molar-refractivity contribution in [2.24, 2.45) is 0 Å². The minimum absolute atomic E-state index is 0.0810. The summed E-state index contributed by atoms with van der Waals surface area (Å²) in [4.78, 5) is 0. The van der Waals surface area contributed by atoms with Gasteiger partial charge in [-0.25, -0.2) is 0 Å². The third-order valence-electron chi connectivity index (χ3n) is 1.65. The van der Waals surface area contributed by atoms with E-state index < -0.39 is 6.10 Å². The fourth-order valence-electron chi connectivity index (χ4n) is 0.718. The Morgan fingerprint density at radius 2 is 1.64 bits per heavy atom. The molecule has 0 heterocycles. The summed E-state index contributed by atoms with van der Waals surface area (Å²) in [7, 11) is 0. The SMILES string of the molecule is CC(O)CCO.CCCCC(O)CO. The summed E-state index contributed by atoms with van der Waals surface area (Å²) in [5.41, 5.74) is 0. The van der Waals surface area contributed by atoms with Crippen molar-refractivity contribution in [2.45, 2.75) is 51.7 Å². The third-order valence-corrected chi connectivity index (χ3v) is 1.65. The van der Waals surface area contributed by atoms with Crippen LogP contribution in [0.2, 0.25) is 0 Å². The van der Waals surface area contributed by atoms with E-state index in [2.05, 4.69) is 6.92 Å². The van der Waals surface area contributed by atoms with Gasteiger partial charge >= 0.3 is 0 Å². The summed E-state index contributed by atoms with van der Waals surface area (Å²) in [5.74, 6) is 0. The molecule has 2 unspecified atom stereocenters. The highest BCUT2D eigenvalue weighted by Gasteiger charge is 1.97. The van der Waals surface area contributed by atoms with Crippen molar-refractivity contribution >= 4 is 0 Å². The lowest BCUT2D eigenvalue weighted by Gasteiger charge is -2.02. The summed E-state index contributed by atoms with van der Waals surface area (Å²) >= 11 is 0. The highest BCUT2D eigenvalue weighted by molar-refractivity contribution is 4.50. The number of unbranched alkanes of at least 4 members (excludes halogenated alkanes) is 1. The first-order valence-electron chi connectivity index (χ1n) is 5.16. The molecular formula is C10H24O4. The molecule has 88 valence electrons. The molecule has 2 atom stereocenters. The lowest BCUT2D eigenvalue weighted by atomic mass is 10.2. The molecule has 0 saturated heterocycles. The van der Waals surface area contributed by atoms with E-state index in [1.165, 1.54) is 0 Å². The molecule has 14 heavy (non-hydrogen) atoms. The highest BCUT2D eigenvalue weighted by Crippen LogP contribution is 1.97. The van der Waals surface area contributed by atoms with Crippen LogP contribution in [0.25, 0.3) is 0 Å². The number of aliphatic hydroxyl groups is 4. The Kier molecular flexibility index (Phi) is 14.9. The van der Waals surface area contributed by atoms with Gasteiger partial charge in [-0.1, -0.05) is 19.8 Å². The first-order chi connectivity index (χ1) is 6.58. The molecule has 4 N–H and O–H groups in total. The fraction of sp³-hybridized carbons (Fsp3) is 1.00. The maximum absolute atomic E-state index is 8.74. The fourth-order valence-corrected chi connectivity index (χ4v) is 0.718. The molecule has 0 spiro atoms. The molecule has 0 saturated carbocycles. The molecule has 0 aromatic rings. The van der Waals surface area contributed by atoms with Crippen molar-refractivity contribution < 1.29 is 20.4 Å². The monoisotopic (exact) mass is 208 g/mol. The van der Waals surface area contributed by atoms with Crippen molar-refractivity contribution in [3.8, 4) is 0 Å². The van der Waals surface area contributed by atoms with E-state index >= 15 is 0 Å². The molecule has 0 radical (unpaired) electrons. The van der Waals surface area contributed by atoms with Gasteiger partial charge in [-0.05, 0) is 19.8 Å². The van der Waals surface area contributed by atoms with Gasteiger partial charge in [-0.15, -0.1) is 0 Å². The van der Waals surface area contributed by atoms with Crippen LogP contribution in [0.4, 0.5) is 0 Å². The maximum atomic E-state index is 8.74. The Labute approximate surface area is 86.2 Å². The molecule has 4 nitrogen and oxygen atoms in total. The molecule has 0 aliphatic carbocycles. The zero-order valence-electron chi connectivity index (χ0n) is 9.19. The first kappa shape index (κ1) is 16.3. The van der Waals surface area contributed by atoms with E-state index in [-0.39, 0.29) is 19.3 Å². The first-order valence-corrected chi connectivity index (χ1v) is 5.16. The minimum Gasteiger partial charge on any atom is -0.396 e. The zero-order chi connectivity index (χ0) is 11.4. The van der Waals surface area contributed by atoms with Crippen LogP contribution in [0, 0.1) is 0 Å². The number of aliphatic hydroxyl groups excluding tert-OH is 4. The minimum atomic E-state index is -0.491. The predicted octanol–water partition coefficient (Wildman–Crippen LogP) is 0.279. The van der Waals surface area contributed by atoms with Crippen molar-refractivity contribution in [1.82, 2.24) is 0 Å². The molecule has 0 amide bonds. The van der Waals surface area contributed by atoms with Gasteiger partial charge in [-0.3, -0.25) is 0 Å². The van der Waals surface area contributed by atoms with E-state index in [0.29, 0.717) is 6.42 Å². The molecule has 0 aliphatic rings. The van der Waals surface area contributed by atoms with E-state index in [4.69, 9.17) is 20.4 Å². The Balaban J connectivity index is 0. The van der Waals surface area contributed by atoms with Gasteiger partial charge in [0.05, 0.1) is 18.8 Å². The molecule has 0 bridgehead atoms. The van der Waals surface area contributed by atoms with Crippen molar-refractivity contribution in [3.63, 3.8) is 0 Å². The third kappa shape index (κ3) is 17.8. The van der Waals surface area contributed by atoms with Crippen molar-refractivity contribution in [1.29, 1.82) is 0 Å². The van der Waals surface area contributed by atoms with Crippen LogP contribution in [-0.4, -0.2) is 45.8 Å². The predicted molar refractivity (Wildman–Crippen MR) is 56.0 cm³/mol. The number of hydrogen-bond donors (Lipinski definition) is 4. The quantitative estimate of drug-likeness (QED) is 0.505. The van der Waals surface area contributed by atoms with Crippen LogP contribution in [0.1, 0.15) is 39.5 Å². The van der Waals surface area contributed by atoms with Gasteiger partial charge in [0, 0.05) is 6.61 Å². The average Bonchev–Trinajstić information content (AvgIpc) is 2.15. The summed E-state index contributed by atoms with van der Waals surface area (Å²) in [6.07, 6.45) is 2.45. The molecule has 0 aliphatic heterocycles. The zero-order valence-corrected chi connectivity index (χ0v) is 9.19. The van der Waals surface area contributed by atoms with Gasteiger partial charge in [0.1, 0.15) is 0 Å². The van der Waals surface area contributed by atoms with Crippen LogP contribution in [0.5, 0.6) is 0 Å². The Morgan fingerprint density at radius 1 is 1.07 bits per heavy atom. The summed E-state index contributed by atoms with van der Waals surface area (Å²) in [6, 6.07) is 0. The van der Waals surface area contributed by atoms with Crippen LogP contribution in [-0.2, 0) is 0 Å².